The van der Waals surface area contributed by atoms with Crippen molar-refractivity contribution < 1.29 is 19.1 Å². The lowest BCUT2D eigenvalue weighted by Crippen LogP contribution is -2.30. The van der Waals surface area contributed by atoms with Crippen LogP contribution in [0.25, 0.3) is 6.08 Å². The summed E-state index contributed by atoms with van der Waals surface area (Å²) < 4.78 is 5.47. The van der Waals surface area contributed by atoms with Crippen molar-refractivity contribution in [2.45, 2.75) is 17.1 Å². The third-order valence-corrected chi connectivity index (χ3v) is 9.04. The minimum atomic E-state index is -0.650. The number of rotatable bonds is 11. The molecule has 0 aromatic heterocycles. The third-order valence-electron chi connectivity index (χ3n) is 7.13. The summed E-state index contributed by atoms with van der Waals surface area (Å²) in [5, 5.41) is 9.06. The van der Waals surface area contributed by atoms with Crippen LogP contribution in [0.2, 0.25) is 10.0 Å². The Balaban J connectivity index is 1.39. The van der Waals surface area contributed by atoms with Gasteiger partial charge in [-0.05, 0) is 78.2 Å². The molecule has 0 aliphatic heterocycles. The largest absolute Gasteiger partial charge is 0.495 e. The number of aryl methyl sites for hydroxylation is 1. The van der Waals surface area contributed by atoms with E-state index in [2.05, 4.69) is 16.0 Å². The lowest BCUT2D eigenvalue weighted by Gasteiger charge is -2.19. The molecule has 0 aliphatic rings. The van der Waals surface area contributed by atoms with Gasteiger partial charge in [0.2, 0.25) is 5.91 Å². The second-order valence-corrected chi connectivity index (χ2v) is 12.6. The molecule has 10 heteroatoms. The van der Waals surface area contributed by atoms with E-state index in [1.165, 1.54) is 18.9 Å². The molecule has 0 radical (unpaired) electrons. The zero-order chi connectivity index (χ0) is 34.0. The Bertz CT molecular complexity index is 1950. The van der Waals surface area contributed by atoms with Gasteiger partial charge in [0.1, 0.15) is 16.7 Å². The van der Waals surface area contributed by atoms with Crippen molar-refractivity contribution in [3.63, 3.8) is 0 Å². The van der Waals surface area contributed by atoms with Crippen LogP contribution < -0.4 is 20.7 Å². The van der Waals surface area contributed by atoms with Gasteiger partial charge in [0.05, 0.1) is 12.8 Å². The Hall–Kier alpha value is -5.02. The van der Waals surface area contributed by atoms with Crippen molar-refractivity contribution >= 4 is 70.1 Å². The Morgan fingerprint density at radius 2 is 1.48 bits per heavy atom. The molecule has 3 N–H and O–H groups in total. The lowest BCUT2D eigenvalue weighted by atomic mass is 10.1. The molecule has 0 bridgehead atoms. The van der Waals surface area contributed by atoms with Crippen molar-refractivity contribution in [1.29, 1.82) is 0 Å². The molecule has 0 aliphatic carbocycles. The molecule has 48 heavy (non-hydrogen) atoms. The van der Waals surface area contributed by atoms with E-state index >= 15 is 0 Å². The third kappa shape index (κ3) is 9.07. The second kappa shape index (κ2) is 16.2. The van der Waals surface area contributed by atoms with Crippen LogP contribution in [0.4, 0.5) is 11.4 Å². The topological polar surface area (TPSA) is 96.5 Å². The molecule has 5 aromatic carbocycles. The van der Waals surface area contributed by atoms with Crippen LogP contribution in [-0.4, -0.2) is 24.8 Å². The highest BCUT2D eigenvalue weighted by Crippen LogP contribution is 2.39. The van der Waals surface area contributed by atoms with Crippen LogP contribution in [0.5, 0.6) is 5.75 Å². The number of ether oxygens (including phenoxy) is 1. The minimum Gasteiger partial charge on any atom is -0.495 e. The highest BCUT2D eigenvalue weighted by atomic mass is 35.5. The molecule has 0 saturated carbocycles. The number of hydrogen-bond acceptors (Lipinski definition) is 5. The van der Waals surface area contributed by atoms with Gasteiger partial charge < -0.3 is 20.7 Å². The van der Waals surface area contributed by atoms with Crippen molar-refractivity contribution in [3.8, 4) is 5.75 Å². The maximum Gasteiger partial charge on any atom is 0.272 e. The highest BCUT2D eigenvalue weighted by Gasteiger charge is 2.24. The van der Waals surface area contributed by atoms with E-state index in [9.17, 15) is 14.4 Å². The molecule has 3 amide bonds. The van der Waals surface area contributed by atoms with Crippen LogP contribution in [0.1, 0.15) is 32.3 Å². The van der Waals surface area contributed by atoms with Gasteiger partial charge in [-0.15, -0.1) is 11.8 Å². The summed E-state index contributed by atoms with van der Waals surface area (Å²) in [5.74, 6) is -0.779. The average molecular weight is 697 g/mol. The summed E-state index contributed by atoms with van der Waals surface area (Å²) >= 11 is 13.7. The zero-order valence-electron chi connectivity index (χ0n) is 26.0. The van der Waals surface area contributed by atoms with Gasteiger partial charge >= 0.3 is 0 Å². The maximum absolute atomic E-state index is 13.8. The van der Waals surface area contributed by atoms with Crippen molar-refractivity contribution in [3.05, 3.63) is 159 Å². The van der Waals surface area contributed by atoms with Gasteiger partial charge in [-0.25, -0.2) is 0 Å². The Morgan fingerprint density at radius 1 is 0.792 bits per heavy atom. The molecule has 5 rings (SSSR count). The fourth-order valence-corrected chi connectivity index (χ4v) is 6.04. The van der Waals surface area contributed by atoms with E-state index in [0.29, 0.717) is 38.3 Å². The summed E-state index contributed by atoms with van der Waals surface area (Å²) in [5.41, 5.74) is 3.68. The average Bonchev–Trinajstić information content (AvgIpc) is 3.10. The lowest BCUT2D eigenvalue weighted by molar-refractivity contribution is -0.116. The maximum atomic E-state index is 13.8. The molecule has 0 fully saturated rings. The van der Waals surface area contributed by atoms with Crippen LogP contribution in [0.15, 0.2) is 132 Å². The number of hydrogen-bond donors (Lipinski definition) is 3. The Labute approximate surface area is 293 Å². The van der Waals surface area contributed by atoms with Gasteiger partial charge in [-0.2, -0.15) is 0 Å². The predicted octanol–water partition coefficient (Wildman–Crippen LogP) is 9.19. The first-order valence-corrected chi connectivity index (χ1v) is 16.5. The Kier molecular flexibility index (Phi) is 11.6. The second-order valence-electron chi connectivity index (χ2n) is 10.6. The molecule has 0 heterocycles. The number of nitrogens with one attached hydrogen (secondary N) is 3. The number of thioether (sulfide) groups is 1. The first-order valence-electron chi connectivity index (χ1n) is 14.8. The molecular weight excluding hydrogens is 665 g/mol. The number of anilines is 2. The quantitative estimate of drug-likeness (QED) is 0.0946. The summed E-state index contributed by atoms with van der Waals surface area (Å²) in [6, 6.07) is 35.5. The van der Waals surface area contributed by atoms with Crippen molar-refractivity contribution in [2.75, 3.05) is 17.7 Å². The molecule has 0 spiro atoms. The first kappa shape index (κ1) is 34.3. The predicted molar refractivity (Wildman–Crippen MR) is 195 cm³/mol. The molecule has 1 atom stereocenters. The number of methoxy groups -OCH3 is 1. The minimum absolute atomic E-state index is 0.0398. The smallest absolute Gasteiger partial charge is 0.272 e. The van der Waals surface area contributed by atoms with E-state index in [4.69, 9.17) is 27.9 Å². The van der Waals surface area contributed by atoms with Crippen LogP contribution in [0, 0.1) is 6.92 Å². The summed E-state index contributed by atoms with van der Waals surface area (Å²) in [6.45, 7) is 1.85. The van der Waals surface area contributed by atoms with E-state index in [0.717, 1.165) is 16.0 Å². The van der Waals surface area contributed by atoms with Crippen molar-refractivity contribution in [1.82, 2.24) is 5.32 Å². The summed E-state index contributed by atoms with van der Waals surface area (Å²) in [7, 11) is 1.52. The summed E-state index contributed by atoms with van der Waals surface area (Å²) in [4.78, 5) is 41.2. The number of carbonyl (C=O) groups is 3. The highest BCUT2D eigenvalue weighted by molar-refractivity contribution is 8.00. The molecule has 242 valence electrons. The van der Waals surface area contributed by atoms with Gasteiger partial charge in [0, 0.05) is 32.3 Å². The normalized spacial score (nSPS) is 11.7. The van der Waals surface area contributed by atoms with Gasteiger partial charge in [-0.1, -0.05) is 89.9 Å². The van der Waals surface area contributed by atoms with Crippen LogP contribution >= 0.6 is 35.0 Å². The van der Waals surface area contributed by atoms with E-state index in [-0.39, 0.29) is 11.6 Å². The molecule has 0 saturated heterocycles. The van der Waals surface area contributed by atoms with Gasteiger partial charge in [0.25, 0.3) is 11.8 Å². The van der Waals surface area contributed by atoms with Crippen LogP contribution in [0.3, 0.4) is 0 Å². The fourth-order valence-electron chi connectivity index (χ4n) is 4.68. The molecular formula is C38H31Cl2N3O4S. The number of amides is 3. The fraction of sp³-hybridized carbons (Fsp3) is 0.0789. The number of carbonyl (C=O) groups excluding carboxylic acids is 3. The summed E-state index contributed by atoms with van der Waals surface area (Å²) in [6.07, 6.45) is 1.58. The molecule has 5 aromatic rings. The SMILES string of the molecule is COc1cc(Cl)c(C)cc1NC(=O)C(Sc1cccc(NC(=O)/C(=C/c2ccc(Cl)cc2)NC(=O)c2ccccc2)c1)c1ccccc1. The number of halogens is 2. The Morgan fingerprint density at radius 3 is 2.17 bits per heavy atom. The number of benzene rings is 5. The van der Waals surface area contributed by atoms with Gasteiger partial charge in [0.15, 0.2) is 0 Å². The standard InChI is InChI=1S/C38H31Cl2N3O4S/c1-24-20-32(34(47-2)23-31(24)40)42-38(46)35(26-10-5-3-6-11-26)48-30-15-9-14-29(22-30)41-37(45)33(21-25-16-18-28(39)19-17-25)43-36(44)27-12-7-4-8-13-27/h3-23,35H,1-2H3,(H,41,45)(H,42,46)(H,43,44)/b33-21-. The van der Waals surface area contributed by atoms with E-state index in [1.54, 1.807) is 91.0 Å². The first-order chi connectivity index (χ1) is 23.2. The van der Waals surface area contributed by atoms with Crippen LogP contribution in [-0.2, 0) is 9.59 Å². The zero-order valence-corrected chi connectivity index (χ0v) is 28.3. The monoisotopic (exact) mass is 695 g/mol. The molecule has 1 unspecified atom stereocenters. The van der Waals surface area contributed by atoms with Gasteiger partial charge in [-0.3, -0.25) is 14.4 Å². The molecule has 7 nitrogen and oxygen atoms in total. The van der Waals surface area contributed by atoms with Crippen molar-refractivity contribution in [2.24, 2.45) is 0 Å². The van der Waals surface area contributed by atoms with E-state index in [1.807, 2.05) is 43.3 Å². The van der Waals surface area contributed by atoms with E-state index < -0.39 is 17.1 Å².